The number of carboxylic acids is 1. The van der Waals surface area contributed by atoms with E-state index in [1.807, 2.05) is 19.1 Å². The zero-order valence-electron chi connectivity index (χ0n) is 11.1. The van der Waals surface area contributed by atoms with Crippen LogP contribution in [0.2, 0.25) is 0 Å². The average molecular weight is 251 g/mol. The molecule has 0 fully saturated rings. The number of aliphatic carboxylic acids is 1. The SMILES string of the molecule is CCc1nc(C)ccc1OCCCCCC(=O)O. The van der Waals surface area contributed by atoms with E-state index in [9.17, 15) is 4.79 Å². The molecule has 0 aliphatic rings. The van der Waals surface area contributed by atoms with Crippen molar-refractivity contribution >= 4 is 5.97 Å². The first-order chi connectivity index (χ1) is 8.63. The molecular weight excluding hydrogens is 230 g/mol. The normalized spacial score (nSPS) is 10.3. The standard InChI is InChI=1S/C14H21NO3/c1-3-12-13(9-8-11(2)15-12)18-10-6-4-5-7-14(16)17/h8-9H,3-7,10H2,1-2H3,(H,16,17). The van der Waals surface area contributed by atoms with Crippen molar-refractivity contribution < 1.29 is 14.6 Å². The lowest BCUT2D eigenvalue weighted by molar-refractivity contribution is -0.137. The Labute approximate surface area is 108 Å². The number of rotatable bonds is 8. The van der Waals surface area contributed by atoms with Crippen molar-refractivity contribution in [1.29, 1.82) is 0 Å². The molecule has 0 atom stereocenters. The summed E-state index contributed by atoms with van der Waals surface area (Å²) < 4.78 is 5.68. The van der Waals surface area contributed by atoms with Crippen molar-refractivity contribution in [1.82, 2.24) is 4.98 Å². The van der Waals surface area contributed by atoms with Crippen LogP contribution in [0.25, 0.3) is 0 Å². The Bertz CT molecular complexity index is 391. The number of hydrogen-bond acceptors (Lipinski definition) is 3. The van der Waals surface area contributed by atoms with Crippen molar-refractivity contribution in [2.75, 3.05) is 6.61 Å². The van der Waals surface area contributed by atoms with Crippen LogP contribution in [0.15, 0.2) is 12.1 Å². The molecule has 0 aliphatic carbocycles. The molecule has 1 N–H and O–H groups in total. The zero-order chi connectivity index (χ0) is 13.4. The van der Waals surface area contributed by atoms with Crippen LogP contribution in [0.5, 0.6) is 5.75 Å². The number of aryl methyl sites for hydroxylation is 2. The fraction of sp³-hybridized carbons (Fsp3) is 0.571. The first-order valence-corrected chi connectivity index (χ1v) is 6.44. The van der Waals surface area contributed by atoms with Gasteiger partial charge >= 0.3 is 5.97 Å². The van der Waals surface area contributed by atoms with Gasteiger partial charge in [-0.3, -0.25) is 9.78 Å². The fourth-order valence-electron chi connectivity index (χ4n) is 1.72. The monoisotopic (exact) mass is 251 g/mol. The van der Waals surface area contributed by atoms with Crippen LogP contribution in [0, 0.1) is 6.92 Å². The summed E-state index contributed by atoms with van der Waals surface area (Å²) in [7, 11) is 0. The molecule has 0 aliphatic heterocycles. The third-order valence-corrected chi connectivity index (χ3v) is 2.70. The van der Waals surface area contributed by atoms with Crippen LogP contribution in [-0.2, 0) is 11.2 Å². The predicted molar refractivity (Wildman–Crippen MR) is 70.0 cm³/mol. The summed E-state index contributed by atoms with van der Waals surface area (Å²) >= 11 is 0. The molecule has 0 unspecified atom stereocenters. The molecule has 1 aromatic rings. The van der Waals surface area contributed by atoms with Gasteiger partial charge in [-0.2, -0.15) is 0 Å². The maximum Gasteiger partial charge on any atom is 0.303 e. The van der Waals surface area contributed by atoms with Gasteiger partial charge in [-0.1, -0.05) is 6.92 Å². The van der Waals surface area contributed by atoms with Crippen LogP contribution in [-0.4, -0.2) is 22.7 Å². The number of hydrogen-bond donors (Lipinski definition) is 1. The van der Waals surface area contributed by atoms with E-state index >= 15 is 0 Å². The Kier molecular flexibility index (Phi) is 6.19. The molecule has 1 aromatic heterocycles. The molecule has 0 saturated heterocycles. The van der Waals surface area contributed by atoms with Crippen molar-refractivity contribution in [2.45, 2.75) is 46.0 Å². The Morgan fingerprint density at radius 2 is 2.11 bits per heavy atom. The maximum atomic E-state index is 10.3. The van der Waals surface area contributed by atoms with Gasteiger partial charge in [0.2, 0.25) is 0 Å². The van der Waals surface area contributed by atoms with Crippen molar-refractivity contribution in [3.05, 3.63) is 23.5 Å². The third-order valence-electron chi connectivity index (χ3n) is 2.70. The first-order valence-electron chi connectivity index (χ1n) is 6.44. The van der Waals surface area contributed by atoms with Crippen LogP contribution >= 0.6 is 0 Å². The van der Waals surface area contributed by atoms with Crippen LogP contribution in [0.4, 0.5) is 0 Å². The maximum absolute atomic E-state index is 10.3. The second-order valence-corrected chi connectivity index (χ2v) is 4.30. The lowest BCUT2D eigenvalue weighted by atomic mass is 10.2. The summed E-state index contributed by atoms with van der Waals surface area (Å²) in [5.74, 6) is 0.119. The Hall–Kier alpha value is -1.58. The van der Waals surface area contributed by atoms with E-state index < -0.39 is 5.97 Å². The van der Waals surface area contributed by atoms with Gasteiger partial charge in [0.05, 0.1) is 12.3 Å². The summed E-state index contributed by atoms with van der Waals surface area (Å²) in [5.41, 5.74) is 1.99. The number of nitrogens with zero attached hydrogens (tertiary/aromatic N) is 1. The smallest absolute Gasteiger partial charge is 0.303 e. The molecule has 0 spiro atoms. The molecule has 4 heteroatoms. The van der Waals surface area contributed by atoms with E-state index in [1.165, 1.54) is 0 Å². The molecule has 0 saturated carbocycles. The molecule has 1 heterocycles. The number of carbonyl (C=O) groups is 1. The first kappa shape index (κ1) is 14.5. The van der Waals surface area contributed by atoms with E-state index in [4.69, 9.17) is 9.84 Å². The highest BCUT2D eigenvalue weighted by Gasteiger charge is 2.03. The largest absolute Gasteiger partial charge is 0.492 e. The fourth-order valence-corrected chi connectivity index (χ4v) is 1.72. The molecular formula is C14H21NO3. The summed E-state index contributed by atoms with van der Waals surface area (Å²) in [6.07, 6.45) is 3.57. The highest BCUT2D eigenvalue weighted by Crippen LogP contribution is 2.17. The molecule has 0 radical (unpaired) electrons. The lowest BCUT2D eigenvalue weighted by Gasteiger charge is -2.10. The predicted octanol–water partition coefficient (Wildman–Crippen LogP) is 2.98. The van der Waals surface area contributed by atoms with E-state index in [0.717, 1.165) is 36.4 Å². The van der Waals surface area contributed by atoms with Crippen LogP contribution < -0.4 is 4.74 Å². The van der Waals surface area contributed by atoms with Crippen LogP contribution in [0.1, 0.15) is 44.0 Å². The van der Waals surface area contributed by atoms with Gasteiger partial charge in [0, 0.05) is 12.1 Å². The van der Waals surface area contributed by atoms with E-state index in [0.29, 0.717) is 13.0 Å². The number of aromatic nitrogens is 1. The quantitative estimate of drug-likeness (QED) is 0.721. The van der Waals surface area contributed by atoms with Crippen molar-refractivity contribution in [2.24, 2.45) is 0 Å². The number of pyridine rings is 1. The molecule has 0 bridgehead atoms. The van der Waals surface area contributed by atoms with Gasteiger partial charge in [0.1, 0.15) is 5.75 Å². The second kappa shape index (κ2) is 7.69. The summed E-state index contributed by atoms with van der Waals surface area (Å²) in [4.78, 5) is 14.8. The van der Waals surface area contributed by atoms with Gasteiger partial charge in [0.25, 0.3) is 0 Å². The van der Waals surface area contributed by atoms with E-state index in [2.05, 4.69) is 11.9 Å². The second-order valence-electron chi connectivity index (χ2n) is 4.30. The minimum atomic E-state index is -0.730. The Balaban J connectivity index is 2.28. The average Bonchev–Trinajstić information content (AvgIpc) is 2.34. The van der Waals surface area contributed by atoms with E-state index in [1.54, 1.807) is 0 Å². The number of unbranched alkanes of at least 4 members (excludes halogenated alkanes) is 2. The minimum Gasteiger partial charge on any atom is -0.492 e. The number of carboxylic acid groups (broad SMARTS) is 1. The van der Waals surface area contributed by atoms with Gasteiger partial charge < -0.3 is 9.84 Å². The molecule has 0 aromatic carbocycles. The summed E-state index contributed by atoms with van der Waals surface area (Å²) in [5, 5.41) is 8.50. The third kappa shape index (κ3) is 5.17. The Morgan fingerprint density at radius 3 is 2.78 bits per heavy atom. The van der Waals surface area contributed by atoms with Gasteiger partial charge in [-0.05, 0) is 44.7 Å². The number of ether oxygens (including phenoxy) is 1. The minimum absolute atomic E-state index is 0.242. The highest BCUT2D eigenvalue weighted by molar-refractivity contribution is 5.66. The molecule has 0 amide bonds. The topological polar surface area (TPSA) is 59.4 Å². The van der Waals surface area contributed by atoms with Gasteiger partial charge in [-0.25, -0.2) is 0 Å². The molecule has 1 rings (SSSR count). The summed E-state index contributed by atoms with van der Waals surface area (Å²) in [6, 6.07) is 3.90. The summed E-state index contributed by atoms with van der Waals surface area (Å²) in [6.45, 7) is 4.65. The Morgan fingerprint density at radius 1 is 1.33 bits per heavy atom. The van der Waals surface area contributed by atoms with Gasteiger partial charge in [-0.15, -0.1) is 0 Å². The van der Waals surface area contributed by atoms with Gasteiger partial charge in [0.15, 0.2) is 0 Å². The lowest BCUT2D eigenvalue weighted by Crippen LogP contribution is -2.02. The molecule has 100 valence electrons. The highest BCUT2D eigenvalue weighted by atomic mass is 16.5. The van der Waals surface area contributed by atoms with Crippen LogP contribution in [0.3, 0.4) is 0 Å². The zero-order valence-corrected chi connectivity index (χ0v) is 11.1. The molecule has 18 heavy (non-hydrogen) atoms. The van der Waals surface area contributed by atoms with E-state index in [-0.39, 0.29) is 6.42 Å². The molecule has 4 nitrogen and oxygen atoms in total. The van der Waals surface area contributed by atoms with Crippen molar-refractivity contribution in [3.8, 4) is 5.75 Å². The van der Waals surface area contributed by atoms with Crippen molar-refractivity contribution in [3.63, 3.8) is 0 Å².